The lowest BCUT2D eigenvalue weighted by Gasteiger charge is -2.33. The Kier molecular flexibility index (Phi) is 4.21. The van der Waals surface area contributed by atoms with Crippen LogP contribution in [-0.2, 0) is 0 Å². The maximum Gasteiger partial charge on any atom is 0.0950 e. The highest BCUT2D eigenvalue weighted by molar-refractivity contribution is 5.13. The Labute approximate surface area is 115 Å². The van der Waals surface area contributed by atoms with Crippen LogP contribution in [0.15, 0.2) is 23.0 Å². The van der Waals surface area contributed by atoms with Crippen LogP contribution in [0, 0.1) is 0 Å². The van der Waals surface area contributed by atoms with Crippen molar-refractivity contribution in [2.75, 3.05) is 32.7 Å². The van der Waals surface area contributed by atoms with Gasteiger partial charge in [-0.15, -0.1) is 0 Å². The monoisotopic (exact) mass is 263 g/mol. The molecule has 0 bridgehead atoms. The summed E-state index contributed by atoms with van der Waals surface area (Å²) in [6.45, 7) is 5.57. The second-order valence-electron chi connectivity index (χ2n) is 5.84. The summed E-state index contributed by atoms with van der Waals surface area (Å²) >= 11 is 0. The first-order valence-electron chi connectivity index (χ1n) is 7.59. The third-order valence-corrected chi connectivity index (χ3v) is 4.69. The van der Waals surface area contributed by atoms with Gasteiger partial charge in [0.1, 0.15) is 0 Å². The van der Waals surface area contributed by atoms with E-state index in [1.54, 1.807) is 6.26 Å². The summed E-state index contributed by atoms with van der Waals surface area (Å²) in [4.78, 5) is 5.22. The minimum absolute atomic E-state index is 0.327. The molecule has 2 N–H and O–H groups in total. The van der Waals surface area contributed by atoms with Gasteiger partial charge in [0.15, 0.2) is 0 Å². The Bertz CT molecular complexity index is 373. The average molecular weight is 263 g/mol. The Morgan fingerprint density at radius 3 is 2.79 bits per heavy atom. The smallest absolute Gasteiger partial charge is 0.0950 e. The van der Waals surface area contributed by atoms with Gasteiger partial charge in [-0.3, -0.25) is 9.80 Å². The van der Waals surface area contributed by atoms with Crippen molar-refractivity contribution in [3.05, 3.63) is 24.2 Å². The van der Waals surface area contributed by atoms with E-state index < -0.39 is 0 Å². The van der Waals surface area contributed by atoms with Gasteiger partial charge in [-0.05, 0) is 38.4 Å². The summed E-state index contributed by atoms with van der Waals surface area (Å²) in [5, 5.41) is 0. The van der Waals surface area contributed by atoms with Gasteiger partial charge in [-0.25, -0.2) is 0 Å². The molecule has 1 aromatic rings. The van der Waals surface area contributed by atoms with E-state index in [-0.39, 0.29) is 0 Å². The van der Waals surface area contributed by atoms with Crippen molar-refractivity contribution in [1.82, 2.24) is 9.80 Å². The molecular weight excluding hydrogens is 238 g/mol. The highest BCUT2D eigenvalue weighted by Crippen LogP contribution is 2.27. The number of hydrogen-bond acceptors (Lipinski definition) is 4. The van der Waals surface area contributed by atoms with Crippen LogP contribution in [0.3, 0.4) is 0 Å². The molecule has 2 unspecified atom stereocenters. The molecule has 2 saturated heterocycles. The normalized spacial score (nSPS) is 27.7. The highest BCUT2D eigenvalue weighted by atomic mass is 16.3. The summed E-state index contributed by atoms with van der Waals surface area (Å²) in [5.74, 6) is 0. The number of furan rings is 1. The van der Waals surface area contributed by atoms with Gasteiger partial charge in [0, 0.05) is 31.2 Å². The Morgan fingerprint density at radius 1 is 1.26 bits per heavy atom. The van der Waals surface area contributed by atoms with Gasteiger partial charge < -0.3 is 10.2 Å². The maximum atomic E-state index is 5.97. The molecule has 3 heterocycles. The third-order valence-electron chi connectivity index (χ3n) is 4.69. The van der Waals surface area contributed by atoms with Crippen LogP contribution in [0.2, 0.25) is 0 Å². The first-order valence-corrected chi connectivity index (χ1v) is 7.59. The van der Waals surface area contributed by atoms with E-state index in [9.17, 15) is 0 Å². The zero-order chi connectivity index (χ0) is 13.1. The SMILES string of the molecule is NCC(c1ccoc1)N1CCC(N2CCCCC2)C1. The van der Waals surface area contributed by atoms with Crippen molar-refractivity contribution < 1.29 is 4.42 Å². The van der Waals surface area contributed by atoms with Crippen LogP contribution in [0.1, 0.15) is 37.3 Å². The zero-order valence-corrected chi connectivity index (χ0v) is 11.6. The molecule has 2 aliphatic heterocycles. The van der Waals surface area contributed by atoms with Crippen molar-refractivity contribution in [2.45, 2.75) is 37.8 Å². The van der Waals surface area contributed by atoms with Crippen molar-refractivity contribution >= 4 is 0 Å². The van der Waals surface area contributed by atoms with E-state index >= 15 is 0 Å². The fourth-order valence-corrected chi connectivity index (χ4v) is 3.59. The lowest BCUT2D eigenvalue weighted by Crippen LogP contribution is -2.41. The van der Waals surface area contributed by atoms with Gasteiger partial charge in [0.25, 0.3) is 0 Å². The molecule has 106 valence electrons. The number of piperidine rings is 1. The van der Waals surface area contributed by atoms with E-state index in [4.69, 9.17) is 10.2 Å². The van der Waals surface area contributed by atoms with Gasteiger partial charge in [0.2, 0.25) is 0 Å². The maximum absolute atomic E-state index is 5.97. The minimum Gasteiger partial charge on any atom is -0.472 e. The van der Waals surface area contributed by atoms with Crippen LogP contribution in [0.25, 0.3) is 0 Å². The number of hydrogen-bond donors (Lipinski definition) is 1. The third kappa shape index (κ3) is 2.86. The van der Waals surface area contributed by atoms with Crippen LogP contribution in [-0.4, -0.2) is 48.6 Å². The lowest BCUT2D eigenvalue weighted by atomic mass is 10.1. The van der Waals surface area contributed by atoms with Gasteiger partial charge in [0.05, 0.1) is 18.6 Å². The summed E-state index contributed by atoms with van der Waals surface area (Å²) in [7, 11) is 0. The highest BCUT2D eigenvalue weighted by Gasteiger charge is 2.32. The predicted molar refractivity (Wildman–Crippen MR) is 75.9 cm³/mol. The van der Waals surface area contributed by atoms with E-state index in [2.05, 4.69) is 9.80 Å². The van der Waals surface area contributed by atoms with Crippen LogP contribution in [0.4, 0.5) is 0 Å². The van der Waals surface area contributed by atoms with Crippen LogP contribution >= 0.6 is 0 Å². The predicted octanol–water partition coefficient (Wildman–Crippen LogP) is 1.84. The van der Waals surface area contributed by atoms with Crippen LogP contribution < -0.4 is 5.73 Å². The van der Waals surface area contributed by atoms with E-state index in [1.807, 2.05) is 12.3 Å². The average Bonchev–Trinajstić information content (AvgIpc) is 3.12. The topological polar surface area (TPSA) is 45.6 Å². The molecule has 0 saturated carbocycles. The molecule has 4 nitrogen and oxygen atoms in total. The molecule has 2 fully saturated rings. The zero-order valence-electron chi connectivity index (χ0n) is 11.6. The molecule has 0 spiro atoms. The standard InChI is InChI=1S/C15H25N3O/c16-10-15(13-5-9-19-12-13)18-8-4-14(11-18)17-6-2-1-3-7-17/h5,9,12,14-15H,1-4,6-8,10-11,16H2. The van der Waals surface area contributed by atoms with E-state index in [0.717, 1.165) is 19.1 Å². The van der Waals surface area contributed by atoms with Crippen LogP contribution in [0.5, 0.6) is 0 Å². The molecule has 0 radical (unpaired) electrons. The second kappa shape index (κ2) is 6.07. The molecule has 1 aromatic heterocycles. The quantitative estimate of drug-likeness (QED) is 0.900. The largest absolute Gasteiger partial charge is 0.472 e. The summed E-state index contributed by atoms with van der Waals surface area (Å²) < 4.78 is 5.21. The fourth-order valence-electron chi connectivity index (χ4n) is 3.59. The minimum atomic E-state index is 0.327. The number of likely N-dealkylation sites (tertiary alicyclic amines) is 2. The van der Waals surface area contributed by atoms with E-state index in [0.29, 0.717) is 12.6 Å². The van der Waals surface area contributed by atoms with Crippen molar-refractivity contribution in [2.24, 2.45) is 5.73 Å². The molecule has 4 heteroatoms. The number of rotatable bonds is 4. The van der Waals surface area contributed by atoms with Crippen molar-refractivity contribution in [3.63, 3.8) is 0 Å². The molecule has 0 amide bonds. The molecule has 0 aromatic carbocycles. The summed E-state index contributed by atoms with van der Waals surface area (Å²) in [5.41, 5.74) is 7.19. The molecule has 19 heavy (non-hydrogen) atoms. The molecule has 3 rings (SSSR count). The van der Waals surface area contributed by atoms with E-state index in [1.165, 1.54) is 44.3 Å². The Balaban J connectivity index is 1.61. The number of nitrogens with two attached hydrogens (primary N) is 1. The van der Waals surface area contributed by atoms with Gasteiger partial charge >= 0.3 is 0 Å². The van der Waals surface area contributed by atoms with Crippen molar-refractivity contribution in [1.29, 1.82) is 0 Å². The second-order valence-corrected chi connectivity index (χ2v) is 5.84. The van der Waals surface area contributed by atoms with Gasteiger partial charge in [-0.2, -0.15) is 0 Å². The summed E-state index contributed by atoms with van der Waals surface area (Å²) in [6.07, 6.45) is 9.03. The fraction of sp³-hybridized carbons (Fsp3) is 0.733. The Hall–Kier alpha value is -0.840. The molecule has 2 atom stereocenters. The Morgan fingerprint density at radius 2 is 2.11 bits per heavy atom. The van der Waals surface area contributed by atoms with Gasteiger partial charge in [-0.1, -0.05) is 6.42 Å². The lowest BCUT2D eigenvalue weighted by molar-refractivity contribution is 0.152. The summed E-state index contributed by atoms with van der Waals surface area (Å²) in [6, 6.07) is 3.11. The van der Waals surface area contributed by atoms with Crippen molar-refractivity contribution in [3.8, 4) is 0 Å². The first kappa shape index (κ1) is 13.2. The number of nitrogens with zero attached hydrogens (tertiary/aromatic N) is 2. The molecular formula is C15H25N3O. The molecule has 2 aliphatic rings. The molecule has 0 aliphatic carbocycles. The first-order chi connectivity index (χ1) is 9.38.